The molecule has 1 aromatic heterocycles. The molecule has 0 saturated heterocycles. The monoisotopic (exact) mass is 512 g/mol. The number of fused-ring (bicyclic) bond motifs is 1. The summed E-state index contributed by atoms with van der Waals surface area (Å²) < 4.78 is 46.6. The van der Waals surface area contributed by atoms with Crippen LogP contribution >= 0.6 is 0 Å². The third-order valence-corrected chi connectivity index (χ3v) is 5.91. The molecule has 0 radical (unpaired) electrons. The number of hydrogen-bond acceptors (Lipinski definition) is 6. The normalized spacial score (nSPS) is 13.4. The van der Waals surface area contributed by atoms with Gasteiger partial charge in [-0.1, -0.05) is 12.1 Å². The van der Waals surface area contributed by atoms with Gasteiger partial charge in [-0.15, -0.1) is 0 Å². The van der Waals surface area contributed by atoms with Crippen LogP contribution in [0, 0.1) is 11.3 Å². The minimum absolute atomic E-state index is 0.0756. The van der Waals surface area contributed by atoms with E-state index in [1.807, 2.05) is 10.6 Å². The molecule has 4 rings (SSSR count). The van der Waals surface area contributed by atoms with Gasteiger partial charge < -0.3 is 29.7 Å². The molecule has 37 heavy (non-hydrogen) atoms. The van der Waals surface area contributed by atoms with Crippen molar-refractivity contribution in [1.82, 2.24) is 4.57 Å². The van der Waals surface area contributed by atoms with E-state index in [4.69, 9.17) is 10.00 Å². The van der Waals surface area contributed by atoms with E-state index in [-0.39, 0.29) is 12.2 Å². The number of aliphatic hydroxyl groups excluding tert-OH is 4. The molecule has 0 saturated carbocycles. The van der Waals surface area contributed by atoms with Gasteiger partial charge in [0.15, 0.2) is 0 Å². The van der Waals surface area contributed by atoms with Gasteiger partial charge in [0, 0.05) is 23.7 Å². The summed E-state index contributed by atoms with van der Waals surface area (Å²) in [6, 6.07) is 16.4. The largest absolute Gasteiger partial charge is 0.457 e. The molecule has 7 nitrogen and oxygen atoms in total. The van der Waals surface area contributed by atoms with E-state index in [0.717, 1.165) is 18.2 Å². The van der Waals surface area contributed by atoms with E-state index in [0.29, 0.717) is 33.5 Å². The SMILES string of the molecule is N#Cc1cc(Oc2ccc(-n3cc(C[C@@H](O)CO)c4c(C(O)CO)cccc43)cc2)ccc1C(F)(F)F. The highest BCUT2D eigenvalue weighted by Crippen LogP contribution is 2.35. The Bertz CT molecular complexity index is 1440. The lowest BCUT2D eigenvalue weighted by molar-refractivity contribution is -0.137. The minimum atomic E-state index is -4.65. The van der Waals surface area contributed by atoms with Crippen LogP contribution < -0.4 is 4.74 Å². The number of rotatable bonds is 8. The molecule has 0 fully saturated rings. The molecule has 0 aliphatic rings. The molecule has 2 atom stereocenters. The van der Waals surface area contributed by atoms with Gasteiger partial charge in [0.25, 0.3) is 0 Å². The lowest BCUT2D eigenvalue weighted by atomic mass is 9.99. The first-order chi connectivity index (χ1) is 17.7. The van der Waals surface area contributed by atoms with Crippen LogP contribution in [0.1, 0.15) is 28.4 Å². The highest BCUT2D eigenvalue weighted by molar-refractivity contribution is 5.89. The maximum atomic E-state index is 13.0. The predicted molar refractivity (Wildman–Crippen MR) is 128 cm³/mol. The molecular formula is C27H23F3N2O5. The average molecular weight is 512 g/mol. The van der Waals surface area contributed by atoms with Crippen LogP contribution in [0.25, 0.3) is 16.6 Å². The van der Waals surface area contributed by atoms with Crippen LogP contribution in [0.5, 0.6) is 11.5 Å². The fourth-order valence-corrected chi connectivity index (χ4v) is 4.20. The maximum Gasteiger partial charge on any atom is 0.417 e. The fraction of sp³-hybridized carbons (Fsp3) is 0.222. The number of nitrogens with zero attached hydrogens (tertiary/aromatic N) is 2. The molecule has 0 aliphatic heterocycles. The summed E-state index contributed by atoms with van der Waals surface area (Å²) in [7, 11) is 0. The van der Waals surface area contributed by atoms with Crippen molar-refractivity contribution in [3.8, 4) is 23.3 Å². The molecular weight excluding hydrogens is 489 g/mol. The van der Waals surface area contributed by atoms with Crippen molar-refractivity contribution in [2.45, 2.75) is 24.8 Å². The van der Waals surface area contributed by atoms with Crippen LogP contribution in [0.3, 0.4) is 0 Å². The van der Waals surface area contributed by atoms with E-state index < -0.39 is 42.7 Å². The third kappa shape index (κ3) is 5.45. The van der Waals surface area contributed by atoms with E-state index in [1.165, 1.54) is 0 Å². The smallest absolute Gasteiger partial charge is 0.417 e. The first-order valence-corrected chi connectivity index (χ1v) is 11.3. The number of nitriles is 1. The Morgan fingerprint density at radius 1 is 0.946 bits per heavy atom. The lowest BCUT2D eigenvalue weighted by Crippen LogP contribution is -2.15. The third-order valence-electron chi connectivity index (χ3n) is 5.91. The first-order valence-electron chi connectivity index (χ1n) is 11.3. The van der Waals surface area contributed by atoms with Crippen molar-refractivity contribution in [2.24, 2.45) is 0 Å². The van der Waals surface area contributed by atoms with Crippen molar-refractivity contribution in [3.63, 3.8) is 0 Å². The molecule has 4 aromatic rings. The Morgan fingerprint density at radius 2 is 1.65 bits per heavy atom. The zero-order valence-electron chi connectivity index (χ0n) is 19.4. The summed E-state index contributed by atoms with van der Waals surface area (Å²) >= 11 is 0. The Kier molecular flexibility index (Phi) is 7.52. The predicted octanol–water partition coefficient (Wildman–Crippen LogP) is 4.23. The molecule has 3 aromatic carbocycles. The van der Waals surface area contributed by atoms with Crippen LogP contribution in [0.15, 0.2) is 66.9 Å². The second-order valence-corrected chi connectivity index (χ2v) is 8.42. The molecule has 1 heterocycles. The zero-order chi connectivity index (χ0) is 26.7. The van der Waals surface area contributed by atoms with Crippen molar-refractivity contribution < 1.29 is 38.3 Å². The van der Waals surface area contributed by atoms with Crippen LogP contribution in [-0.4, -0.2) is 44.3 Å². The van der Waals surface area contributed by atoms with E-state index in [9.17, 15) is 33.6 Å². The topological polar surface area (TPSA) is 119 Å². The summed E-state index contributed by atoms with van der Waals surface area (Å²) in [4.78, 5) is 0. The van der Waals surface area contributed by atoms with Gasteiger partial charge in [-0.05, 0) is 59.7 Å². The van der Waals surface area contributed by atoms with E-state index >= 15 is 0 Å². The highest BCUT2D eigenvalue weighted by Gasteiger charge is 2.33. The summed E-state index contributed by atoms with van der Waals surface area (Å²) in [5.41, 5.74) is 0.940. The Labute approximate surface area is 209 Å². The number of benzene rings is 3. The van der Waals surface area contributed by atoms with Crippen molar-refractivity contribution >= 4 is 10.9 Å². The van der Waals surface area contributed by atoms with Gasteiger partial charge >= 0.3 is 6.18 Å². The number of halogens is 3. The van der Waals surface area contributed by atoms with E-state index in [2.05, 4.69) is 0 Å². The van der Waals surface area contributed by atoms with Crippen LogP contribution in [-0.2, 0) is 12.6 Å². The number of alkyl halides is 3. The van der Waals surface area contributed by atoms with Crippen LogP contribution in [0.4, 0.5) is 13.2 Å². The van der Waals surface area contributed by atoms with Gasteiger partial charge in [0.1, 0.15) is 17.6 Å². The average Bonchev–Trinajstić information content (AvgIpc) is 3.26. The Morgan fingerprint density at radius 3 is 2.27 bits per heavy atom. The second-order valence-electron chi connectivity index (χ2n) is 8.42. The number of hydrogen-bond donors (Lipinski definition) is 4. The molecule has 0 amide bonds. The molecule has 10 heteroatoms. The van der Waals surface area contributed by atoms with Crippen molar-refractivity contribution in [2.75, 3.05) is 13.2 Å². The standard InChI is InChI=1S/C27H23F3N2O5/c28-27(29,30)23-9-8-21(11-16(23)12-31)37-20-6-4-18(5-7-20)32-13-17(10-19(35)14-33)26-22(25(36)15-34)2-1-3-24(26)32/h1-9,11,13,19,25,33-36H,10,14-15H2/t19-,25?/m1/s1. The van der Waals surface area contributed by atoms with Crippen molar-refractivity contribution in [3.05, 3.63) is 89.1 Å². The molecule has 1 unspecified atom stereocenters. The maximum absolute atomic E-state index is 13.0. The van der Waals surface area contributed by atoms with Crippen LogP contribution in [0.2, 0.25) is 0 Å². The van der Waals surface area contributed by atoms with Gasteiger partial charge in [0.05, 0.1) is 42.0 Å². The number of aliphatic hydroxyl groups is 4. The van der Waals surface area contributed by atoms with Crippen molar-refractivity contribution in [1.29, 1.82) is 5.26 Å². The summed E-state index contributed by atoms with van der Waals surface area (Å²) in [5, 5.41) is 48.9. The second kappa shape index (κ2) is 10.6. The summed E-state index contributed by atoms with van der Waals surface area (Å²) in [6.07, 6.45) is -4.92. The molecule has 0 bridgehead atoms. The number of aromatic nitrogens is 1. The summed E-state index contributed by atoms with van der Waals surface area (Å²) in [6.45, 7) is -0.934. The lowest BCUT2D eigenvalue weighted by Gasteiger charge is -2.13. The number of ether oxygens (including phenoxy) is 1. The Hall–Kier alpha value is -3.88. The quantitative estimate of drug-likeness (QED) is 0.281. The van der Waals surface area contributed by atoms with Gasteiger partial charge in [-0.2, -0.15) is 18.4 Å². The molecule has 0 spiro atoms. The van der Waals surface area contributed by atoms with Gasteiger partial charge in [-0.3, -0.25) is 0 Å². The minimum Gasteiger partial charge on any atom is -0.457 e. The molecule has 4 N–H and O–H groups in total. The molecule has 0 aliphatic carbocycles. The molecule has 192 valence electrons. The fourth-order valence-electron chi connectivity index (χ4n) is 4.20. The highest BCUT2D eigenvalue weighted by atomic mass is 19.4. The van der Waals surface area contributed by atoms with E-state index in [1.54, 1.807) is 48.7 Å². The van der Waals surface area contributed by atoms with Gasteiger partial charge in [0.2, 0.25) is 0 Å². The zero-order valence-corrected chi connectivity index (χ0v) is 19.4. The Balaban J connectivity index is 1.68. The first kappa shape index (κ1) is 26.2. The summed E-state index contributed by atoms with van der Waals surface area (Å²) in [5.74, 6) is 0.405. The van der Waals surface area contributed by atoms with Gasteiger partial charge in [-0.25, -0.2) is 0 Å².